The fourth-order valence-corrected chi connectivity index (χ4v) is 0.900. The molecule has 1 heterocycles. The third-order valence-electron chi connectivity index (χ3n) is 0.987. The summed E-state index contributed by atoms with van der Waals surface area (Å²) in [6, 6.07) is 0. The number of hydrogen-bond donors (Lipinski definition) is 0. The van der Waals surface area contributed by atoms with E-state index >= 15 is 0 Å². The molecule has 0 aromatic rings. The molecule has 9 heavy (non-hydrogen) atoms. The van der Waals surface area contributed by atoms with Gasteiger partial charge in [-0.3, -0.25) is 0 Å². The SMILES string of the molecule is ClC(Cl)(Cl)C1COCO1. The molecular formula is C4H5Cl3O2. The summed E-state index contributed by atoms with van der Waals surface area (Å²) >= 11 is 16.4. The van der Waals surface area contributed by atoms with Gasteiger partial charge in [0.05, 0.1) is 6.61 Å². The van der Waals surface area contributed by atoms with Crippen molar-refractivity contribution in [3.8, 4) is 0 Å². The first kappa shape index (κ1) is 7.89. The maximum atomic E-state index is 5.47. The van der Waals surface area contributed by atoms with Gasteiger partial charge in [0.1, 0.15) is 12.9 Å². The largest absolute Gasteiger partial charge is 0.353 e. The van der Waals surface area contributed by atoms with Crippen LogP contribution in [0.1, 0.15) is 0 Å². The van der Waals surface area contributed by atoms with Crippen molar-refractivity contribution in [1.29, 1.82) is 0 Å². The second-order valence-electron chi connectivity index (χ2n) is 1.69. The minimum atomic E-state index is -1.35. The molecule has 0 N–H and O–H groups in total. The predicted molar refractivity (Wildman–Crippen MR) is 36.0 cm³/mol. The molecular weight excluding hydrogens is 186 g/mol. The van der Waals surface area contributed by atoms with E-state index in [0.717, 1.165) is 0 Å². The van der Waals surface area contributed by atoms with Crippen LogP contribution in [0.25, 0.3) is 0 Å². The van der Waals surface area contributed by atoms with Crippen LogP contribution in [0, 0.1) is 0 Å². The lowest BCUT2D eigenvalue weighted by atomic mass is 10.4. The molecule has 0 spiro atoms. The Hall–Kier alpha value is 0.790. The van der Waals surface area contributed by atoms with Gasteiger partial charge < -0.3 is 9.47 Å². The van der Waals surface area contributed by atoms with Gasteiger partial charge in [-0.2, -0.15) is 0 Å². The Morgan fingerprint density at radius 2 is 2.00 bits per heavy atom. The highest BCUT2D eigenvalue weighted by atomic mass is 35.6. The summed E-state index contributed by atoms with van der Waals surface area (Å²) in [5, 5.41) is 0. The van der Waals surface area contributed by atoms with E-state index in [1.54, 1.807) is 0 Å². The van der Waals surface area contributed by atoms with E-state index in [0.29, 0.717) is 6.61 Å². The van der Waals surface area contributed by atoms with Gasteiger partial charge in [0, 0.05) is 0 Å². The first-order chi connectivity index (χ1) is 4.11. The van der Waals surface area contributed by atoms with E-state index in [-0.39, 0.29) is 6.79 Å². The number of hydrogen-bond acceptors (Lipinski definition) is 2. The molecule has 0 amide bonds. The lowest BCUT2D eigenvalue weighted by Gasteiger charge is -2.15. The summed E-state index contributed by atoms with van der Waals surface area (Å²) in [6.07, 6.45) is -0.414. The number of rotatable bonds is 0. The minimum Gasteiger partial charge on any atom is -0.353 e. The molecule has 1 aliphatic heterocycles. The van der Waals surface area contributed by atoms with Crippen LogP contribution in [0.4, 0.5) is 0 Å². The quantitative estimate of drug-likeness (QED) is 0.543. The molecule has 1 atom stereocenters. The van der Waals surface area contributed by atoms with Crippen molar-refractivity contribution in [2.24, 2.45) is 0 Å². The van der Waals surface area contributed by atoms with Crippen LogP contribution >= 0.6 is 34.8 Å². The highest BCUT2D eigenvalue weighted by Gasteiger charge is 2.36. The molecule has 0 bridgehead atoms. The van der Waals surface area contributed by atoms with Crippen LogP contribution in [0.2, 0.25) is 0 Å². The molecule has 0 saturated carbocycles. The summed E-state index contributed by atoms with van der Waals surface area (Å²) in [5.74, 6) is 0. The molecule has 54 valence electrons. The first-order valence-electron chi connectivity index (χ1n) is 2.37. The van der Waals surface area contributed by atoms with Crippen molar-refractivity contribution in [2.45, 2.75) is 9.90 Å². The van der Waals surface area contributed by atoms with E-state index in [4.69, 9.17) is 44.3 Å². The molecule has 0 aliphatic carbocycles. The Morgan fingerprint density at radius 1 is 1.33 bits per heavy atom. The van der Waals surface area contributed by atoms with Crippen molar-refractivity contribution in [3.63, 3.8) is 0 Å². The van der Waals surface area contributed by atoms with E-state index in [9.17, 15) is 0 Å². The van der Waals surface area contributed by atoms with E-state index in [1.807, 2.05) is 0 Å². The topological polar surface area (TPSA) is 18.5 Å². The third-order valence-corrected chi connectivity index (χ3v) is 1.72. The average Bonchev–Trinajstić information content (AvgIpc) is 2.08. The van der Waals surface area contributed by atoms with E-state index in [1.165, 1.54) is 0 Å². The molecule has 1 aliphatic rings. The van der Waals surface area contributed by atoms with Gasteiger partial charge in [0.25, 0.3) is 0 Å². The fraction of sp³-hybridized carbons (Fsp3) is 1.00. The van der Waals surface area contributed by atoms with Gasteiger partial charge in [0.2, 0.25) is 3.79 Å². The second-order valence-corrected chi connectivity index (χ2v) is 4.05. The molecule has 1 saturated heterocycles. The second kappa shape index (κ2) is 2.81. The zero-order valence-corrected chi connectivity index (χ0v) is 6.71. The Morgan fingerprint density at radius 3 is 2.22 bits per heavy atom. The van der Waals surface area contributed by atoms with Crippen molar-refractivity contribution in [1.82, 2.24) is 0 Å². The molecule has 1 unspecified atom stereocenters. The Kier molecular flexibility index (Phi) is 2.46. The zero-order chi connectivity index (χ0) is 6.91. The fourth-order valence-electron chi connectivity index (χ4n) is 0.522. The minimum absolute atomic E-state index is 0.221. The predicted octanol–water partition coefficient (Wildman–Crippen LogP) is 1.73. The van der Waals surface area contributed by atoms with Crippen molar-refractivity contribution >= 4 is 34.8 Å². The van der Waals surface area contributed by atoms with Crippen LogP contribution < -0.4 is 0 Å². The first-order valence-corrected chi connectivity index (χ1v) is 3.50. The maximum absolute atomic E-state index is 5.47. The molecule has 0 radical (unpaired) electrons. The number of ether oxygens (including phenoxy) is 2. The van der Waals surface area contributed by atoms with Crippen molar-refractivity contribution < 1.29 is 9.47 Å². The van der Waals surface area contributed by atoms with E-state index in [2.05, 4.69) is 0 Å². The third kappa shape index (κ3) is 2.13. The monoisotopic (exact) mass is 190 g/mol. The summed E-state index contributed by atoms with van der Waals surface area (Å²) in [4.78, 5) is 0. The Balaban J connectivity index is 2.42. The molecule has 5 heteroatoms. The summed E-state index contributed by atoms with van der Waals surface area (Å²) in [5.41, 5.74) is 0. The molecule has 0 aromatic heterocycles. The lowest BCUT2D eigenvalue weighted by Crippen LogP contribution is -2.27. The van der Waals surface area contributed by atoms with Crippen molar-refractivity contribution in [2.75, 3.05) is 13.4 Å². The van der Waals surface area contributed by atoms with Crippen LogP contribution in [0.15, 0.2) is 0 Å². The summed E-state index contributed by atoms with van der Waals surface area (Å²) < 4.78 is 8.36. The van der Waals surface area contributed by atoms with Crippen LogP contribution in [-0.2, 0) is 9.47 Å². The summed E-state index contributed by atoms with van der Waals surface area (Å²) in [6.45, 7) is 0.578. The smallest absolute Gasteiger partial charge is 0.218 e. The van der Waals surface area contributed by atoms with Gasteiger partial charge in [-0.15, -0.1) is 0 Å². The highest BCUT2D eigenvalue weighted by molar-refractivity contribution is 6.68. The lowest BCUT2D eigenvalue weighted by molar-refractivity contribution is 0.0478. The molecule has 2 nitrogen and oxygen atoms in total. The van der Waals surface area contributed by atoms with Gasteiger partial charge in [-0.25, -0.2) is 0 Å². The van der Waals surface area contributed by atoms with Crippen molar-refractivity contribution in [3.05, 3.63) is 0 Å². The number of halogens is 3. The zero-order valence-electron chi connectivity index (χ0n) is 4.44. The summed E-state index contributed by atoms with van der Waals surface area (Å²) in [7, 11) is 0. The van der Waals surface area contributed by atoms with Gasteiger partial charge in [-0.1, -0.05) is 34.8 Å². The van der Waals surface area contributed by atoms with Gasteiger partial charge in [-0.05, 0) is 0 Å². The maximum Gasteiger partial charge on any atom is 0.218 e. The van der Waals surface area contributed by atoms with Gasteiger partial charge in [0.15, 0.2) is 0 Å². The molecule has 0 aromatic carbocycles. The van der Waals surface area contributed by atoms with E-state index < -0.39 is 9.90 Å². The highest BCUT2D eigenvalue weighted by Crippen LogP contribution is 2.34. The average molecular weight is 191 g/mol. The Labute approximate surface area is 68.0 Å². The van der Waals surface area contributed by atoms with Crippen LogP contribution in [-0.4, -0.2) is 23.3 Å². The Bertz CT molecular complexity index is 94.5. The molecule has 1 rings (SSSR count). The van der Waals surface area contributed by atoms with Crippen LogP contribution in [0.5, 0.6) is 0 Å². The molecule has 1 fully saturated rings. The standard InChI is InChI=1S/C4H5Cl3O2/c5-4(6,7)3-1-8-2-9-3/h3H,1-2H2. The number of alkyl halides is 3. The van der Waals surface area contributed by atoms with Crippen LogP contribution in [0.3, 0.4) is 0 Å². The van der Waals surface area contributed by atoms with Gasteiger partial charge >= 0.3 is 0 Å². The normalized spacial score (nSPS) is 29.0.